The largest absolute Gasteiger partial charge is 0.368 e. The van der Waals surface area contributed by atoms with Crippen molar-refractivity contribution in [3.8, 4) is 11.4 Å². The highest BCUT2D eigenvalue weighted by Gasteiger charge is 2.25. The lowest BCUT2D eigenvalue weighted by Gasteiger charge is -2.36. The summed E-state index contributed by atoms with van der Waals surface area (Å²) in [5.74, 6) is 2.68. The van der Waals surface area contributed by atoms with Gasteiger partial charge in [-0.3, -0.25) is 9.80 Å². The molecular weight excluding hydrogens is 418 g/mol. The Hall–Kier alpha value is -2.82. The van der Waals surface area contributed by atoms with Gasteiger partial charge in [0.25, 0.3) is 0 Å². The number of nitrogen functional groups attached to an aromatic ring is 1. The van der Waals surface area contributed by atoms with Gasteiger partial charge in [-0.15, -0.1) is 0 Å². The van der Waals surface area contributed by atoms with E-state index in [-0.39, 0.29) is 12.0 Å². The van der Waals surface area contributed by atoms with Gasteiger partial charge in [-0.1, -0.05) is 16.8 Å². The van der Waals surface area contributed by atoms with E-state index in [0.29, 0.717) is 35.1 Å². The summed E-state index contributed by atoms with van der Waals surface area (Å²) in [7, 11) is 3.77. The van der Waals surface area contributed by atoms with Crippen LogP contribution in [0.25, 0.3) is 11.4 Å². The molecule has 1 aliphatic rings. The smallest absolute Gasteiger partial charge is 0.241 e. The van der Waals surface area contributed by atoms with Crippen LogP contribution in [0, 0.1) is 0 Å². The van der Waals surface area contributed by atoms with E-state index in [1.807, 2.05) is 43.3 Å². The zero-order valence-electron chi connectivity index (χ0n) is 17.9. The lowest BCUT2D eigenvalue weighted by atomic mass is 10.2. The molecule has 10 nitrogen and oxygen atoms in total. The molecule has 0 radical (unpaired) electrons. The number of hydrogen-bond donors (Lipinski definition) is 1. The zero-order chi connectivity index (χ0) is 22.0. The third-order valence-corrected chi connectivity index (χ3v) is 5.57. The zero-order valence-corrected chi connectivity index (χ0v) is 18.6. The van der Waals surface area contributed by atoms with E-state index >= 15 is 0 Å². The highest BCUT2D eigenvalue weighted by atomic mass is 35.5. The second-order valence-electron chi connectivity index (χ2n) is 7.75. The number of nitrogens with zero attached hydrogens (tertiary/aromatic N) is 8. The molecule has 1 fully saturated rings. The molecule has 0 amide bonds. The Morgan fingerprint density at radius 1 is 1.06 bits per heavy atom. The van der Waals surface area contributed by atoms with Crippen molar-refractivity contribution in [3.63, 3.8) is 0 Å². The summed E-state index contributed by atoms with van der Waals surface area (Å²) < 4.78 is 5.45. The summed E-state index contributed by atoms with van der Waals surface area (Å²) in [5, 5.41) is 4.77. The summed E-state index contributed by atoms with van der Waals surface area (Å²) in [6.45, 7) is 6.23. The molecule has 3 heterocycles. The molecule has 1 aromatic carbocycles. The highest BCUT2D eigenvalue weighted by molar-refractivity contribution is 6.30. The fourth-order valence-corrected chi connectivity index (χ4v) is 3.61. The normalized spacial score (nSPS) is 16.4. The van der Waals surface area contributed by atoms with Gasteiger partial charge in [0.15, 0.2) is 5.82 Å². The van der Waals surface area contributed by atoms with E-state index in [1.54, 1.807) is 0 Å². The van der Waals surface area contributed by atoms with E-state index < -0.39 is 0 Å². The second kappa shape index (κ2) is 9.13. The standard InChI is InChI=1S/C20H26ClN9O/c1-13(17-24-19(22)26-20(25-17)28(2)3)30-10-8-29(9-11-30)12-16-23-18(27-31-16)14-4-6-15(21)7-5-14/h4-7,13H,8-12H2,1-3H3,(H2,22,24,25,26). The van der Waals surface area contributed by atoms with Crippen LogP contribution in [0.5, 0.6) is 0 Å². The quantitative estimate of drug-likeness (QED) is 0.607. The number of aromatic nitrogens is 5. The van der Waals surface area contributed by atoms with Crippen molar-refractivity contribution in [2.45, 2.75) is 19.5 Å². The maximum atomic E-state index is 5.94. The molecule has 4 rings (SSSR count). The number of nitrogens with two attached hydrogens (primary N) is 1. The highest BCUT2D eigenvalue weighted by Crippen LogP contribution is 2.22. The predicted octanol–water partition coefficient (Wildman–Crippen LogP) is 2.10. The minimum atomic E-state index is 0.0473. The first-order valence-corrected chi connectivity index (χ1v) is 10.5. The monoisotopic (exact) mass is 443 g/mol. The molecule has 2 aromatic heterocycles. The van der Waals surface area contributed by atoms with Crippen LogP contribution >= 0.6 is 11.6 Å². The summed E-state index contributed by atoms with van der Waals surface area (Å²) in [4.78, 5) is 24.1. The van der Waals surface area contributed by atoms with Crippen molar-refractivity contribution in [2.24, 2.45) is 0 Å². The average Bonchev–Trinajstić information content (AvgIpc) is 3.22. The van der Waals surface area contributed by atoms with Crippen LogP contribution < -0.4 is 10.6 Å². The van der Waals surface area contributed by atoms with E-state index in [9.17, 15) is 0 Å². The molecule has 1 unspecified atom stereocenters. The van der Waals surface area contributed by atoms with E-state index in [4.69, 9.17) is 21.9 Å². The van der Waals surface area contributed by atoms with Gasteiger partial charge in [-0.2, -0.15) is 19.9 Å². The Bertz CT molecular complexity index is 1020. The molecule has 1 saturated heterocycles. The minimum Gasteiger partial charge on any atom is -0.368 e. The molecule has 0 saturated carbocycles. The van der Waals surface area contributed by atoms with E-state index in [1.165, 1.54) is 0 Å². The maximum absolute atomic E-state index is 5.94. The van der Waals surface area contributed by atoms with Crippen LogP contribution in [-0.2, 0) is 6.54 Å². The fourth-order valence-electron chi connectivity index (χ4n) is 3.48. The molecule has 11 heteroatoms. The summed E-state index contributed by atoms with van der Waals surface area (Å²) in [6.07, 6.45) is 0. The van der Waals surface area contributed by atoms with Crippen LogP contribution in [0.3, 0.4) is 0 Å². The Balaban J connectivity index is 1.34. The third kappa shape index (κ3) is 5.09. The molecule has 1 atom stereocenters. The SMILES string of the molecule is CC(c1nc(N)nc(N(C)C)n1)N1CCN(Cc2nc(-c3ccc(Cl)cc3)no2)CC1. The third-order valence-electron chi connectivity index (χ3n) is 5.32. The molecule has 0 spiro atoms. The van der Waals surface area contributed by atoms with Gasteiger partial charge in [0.1, 0.15) is 0 Å². The number of benzene rings is 1. The Labute approximate surface area is 186 Å². The van der Waals surface area contributed by atoms with Gasteiger partial charge in [0.2, 0.25) is 23.6 Å². The summed E-state index contributed by atoms with van der Waals surface area (Å²) in [5.41, 5.74) is 6.76. The minimum absolute atomic E-state index is 0.0473. The molecule has 3 aromatic rings. The van der Waals surface area contributed by atoms with E-state index in [2.05, 4.69) is 41.8 Å². The summed E-state index contributed by atoms with van der Waals surface area (Å²) >= 11 is 5.94. The maximum Gasteiger partial charge on any atom is 0.241 e. The number of halogens is 1. The Morgan fingerprint density at radius 3 is 2.45 bits per heavy atom. The van der Waals surface area contributed by atoms with Gasteiger partial charge in [-0.25, -0.2) is 0 Å². The van der Waals surface area contributed by atoms with Crippen molar-refractivity contribution < 1.29 is 4.52 Å². The first-order valence-electron chi connectivity index (χ1n) is 10.1. The van der Waals surface area contributed by atoms with E-state index in [0.717, 1.165) is 31.7 Å². The number of anilines is 2. The van der Waals surface area contributed by atoms with Gasteiger partial charge in [0, 0.05) is 50.9 Å². The van der Waals surface area contributed by atoms with Crippen LogP contribution in [0.15, 0.2) is 28.8 Å². The molecule has 1 aliphatic heterocycles. The van der Waals surface area contributed by atoms with Crippen molar-refractivity contribution in [1.29, 1.82) is 0 Å². The van der Waals surface area contributed by atoms with Crippen molar-refractivity contribution in [1.82, 2.24) is 34.9 Å². The van der Waals surface area contributed by atoms with Crippen LogP contribution in [0.2, 0.25) is 5.02 Å². The Morgan fingerprint density at radius 2 is 1.77 bits per heavy atom. The Kier molecular flexibility index (Phi) is 6.30. The molecule has 31 heavy (non-hydrogen) atoms. The number of rotatable bonds is 6. The topological polar surface area (TPSA) is 113 Å². The molecular formula is C20H26ClN9O. The second-order valence-corrected chi connectivity index (χ2v) is 8.19. The van der Waals surface area contributed by atoms with Crippen LogP contribution in [-0.4, -0.2) is 75.2 Å². The van der Waals surface area contributed by atoms with Crippen molar-refractivity contribution >= 4 is 23.5 Å². The number of piperazine rings is 1. The fraction of sp³-hybridized carbons (Fsp3) is 0.450. The van der Waals surface area contributed by atoms with Gasteiger partial charge in [-0.05, 0) is 31.2 Å². The van der Waals surface area contributed by atoms with Crippen molar-refractivity contribution in [3.05, 3.63) is 41.0 Å². The molecule has 2 N–H and O–H groups in total. The van der Waals surface area contributed by atoms with Crippen LogP contribution in [0.1, 0.15) is 24.7 Å². The lowest BCUT2D eigenvalue weighted by molar-refractivity contribution is 0.0877. The predicted molar refractivity (Wildman–Crippen MR) is 119 cm³/mol. The molecule has 0 bridgehead atoms. The van der Waals surface area contributed by atoms with Gasteiger partial charge >= 0.3 is 0 Å². The first-order chi connectivity index (χ1) is 14.9. The number of hydrogen-bond acceptors (Lipinski definition) is 10. The molecule has 164 valence electrons. The first kappa shape index (κ1) is 21.4. The van der Waals surface area contributed by atoms with Gasteiger partial charge < -0.3 is 15.2 Å². The summed E-state index contributed by atoms with van der Waals surface area (Å²) in [6, 6.07) is 7.44. The van der Waals surface area contributed by atoms with Crippen LogP contribution in [0.4, 0.5) is 11.9 Å². The lowest BCUT2D eigenvalue weighted by Crippen LogP contribution is -2.47. The molecule has 0 aliphatic carbocycles. The van der Waals surface area contributed by atoms with Gasteiger partial charge in [0.05, 0.1) is 12.6 Å². The van der Waals surface area contributed by atoms with Crippen molar-refractivity contribution in [2.75, 3.05) is 50.9 Å². The average molecular weight is 444 g/mol.